The van der Waals surface area contributed by atoms with Gasteiger partial charge in [-0.1, -0.05) is 193 Å². The van der Waals surface area contributed by atoms with Crippen LogP contribution in [0.5, 0.6) is 0 Å². The van der Waals surface area contributed by atoms with Gasteiger partial charge in [-0.3, -0.25) is 19.9 Å². The first-order valence-electron chi connectivity index (χ1n) is 42.6. The monoisotopic (exact) mass is 1920 g/mol. The maximum absolute atomic E-state index is 6.16. The van der Waals surface area contributed by atoms with E-state index in [0.29, 0.717) is 0 Å². The molecule has 10 nitrogen and oxygen atoms in total. The van der Waals surface area contributed by atoms with E-state index >= 15 is 0 Å². The van der Waals surface area contributed by atoms with E-state index in [4.69, 9.17) is 47.9 Å². The molecule has 3 atom stereocenters. The zero-order valence-corrected chi connectivity index (χ0v) is 82.8. The second-order valence-corrected chi connectivity index (χ2v) is 51.0. The van der Waals surface area contributed by atoms with Crippen molar-refractivity contribution in [1.82, 2.24) is 19.9 Å². The van der Waals surface area contributed by atoms with Crippen molar-refractivity contribution in [2.45, 2.75) is 144 Å². The highest BCUT2D eigenvalue weighted by Gasteiger charge is 2.64. The van der Waals surface area contributed by atoms with Crippen LogP contribution < -0.4 is 5.46 Å². The average Bonchev–Trinajstić information content (AvgIpc) is 1.06. The molecule has 3 unspecified atom stereocenters. The summed E-state index contributed by atoms with van der Waals surface area (Å²) in [6, 6.07) is 96.1. The Morgan fingerprint density at radius 1 is 0.246 bits per heavy atom. The van der Waals surface area contributed by atoms with Crippen LogP contribution in [0.1, 0.15) is 106 Å². The highest BCUT2D eigenvalue weighted by atomic mass is 79.9. The van der Waals surface area contributed by atoms with E-state index in [-0.39, 0.29) is 47.7 Å². The van der Waals surface area contributed by atoms with Gasteiger partial charge in [-0.25, -0.2) is 0 Å². The maximum atomic E-state index is 6.16. The number of rotatable bonds is 4. The van der Waals surface area contributed by atoms with Crippen LogP contribution in [0.15, 0.2) is 280 Å². The second-order valence-electron chi connectivity index (χ2n) is 36.6. The van der Waals surface area contributed by atoms with E-state index < -0.39 is 14.0 Å². The lowest BCUT2D eigenvalue weighted by molar-refractivity contribution is 0.00578. The van der Waals surface area contributed by atoms with Crippen LogP contribution in [-0.2, 0) is 27.9 Å². The molecule has 3 aliphatic rings. The molecule has 20 aromatic rings. The number of fused-ring (bicyclic) bond motifs is 8. The highest BCUT2D eigenvalue weighted by Crippen LogP contribution is 2.60. The molecular formula is C106H98B3Br3N4O6P4. The first-order valence-corrected chi connectivity index (χ1v) is 51.2. The molecule has 3 fully saturated rings. The Labute approximate surface area is 770 Å². The van der Waals surface area contributed by atoms with Gasteiger partial charge in [0.05, 0.1) is 55.7 Å². The molecule has 4 aromatic heterocycles. The van der Waals surface area contributed by atoms with Crippen molar-refractivity contribution in [3.63, 3.8) is 0 Å². The summed E-state index contributed by atoms with van der Waals surface area (Å²) in [7, 11) is 6.68. The fourth-order valence-electron chi connectivity index (χ4n) is 17.5. The third kappa shape index (κ3) is 17.2. The molecule has 3 aliphatic heterocycles. The van der Waals surface area contributed by atoms with Gasteiger partial charge in [-0.15, -0.1) is 26.8 Å². The maximum Gasteiger partial charge on any atom is 0.494 e. The van der Waals surface area contributed by atoms with Crippen molar-refractivity contribution in [2.24, 2.45) is 0 Å². The number of halogens is 3. The number of aromatic nitrogens is 4. The van der Waals surface area contributed by atoms with Crippen LogP contribution in [0.25, 0.3) is 174 Å². The Kier molecular flexibility index (Phi) is 23.8. The third-order valence-electron chi connectivity index (χ3n) is 26.4. The number of benzene rings is 16. The van der Waals surface area contributed by atoms with Crippen molar-refractivity contribution in [3.8, 4) is 22.3 Å². The minimum Gasteiger partial charge on any atom is -0.405 e. The fourth-order valence-corrected chi connectivity index (χ4v) is 18.8. The lowest BCUT2D eigenvalue weighted by atomic mass is 9.49. The smallest absolute Gasteiger partial charge is 0.405 e. The zero-order chi connectivity index (χ0) is 88.6. The molecule has 0 N–H and O–H groups in total. The van der Waals surface area contributed by atoms with Gasteiger partial charge in [0.25, 0.3) is 0 Å². The van der Waals surface area contributed by atoms with Gasteiger partial charge in [-0.2, -0.15) is 0 Å². The van der Waals surface area contributed by atoms with E-state index in [0.717, 1.165) is 63.7 Å². The van der Waals surface area contributed by atoms with E-state index in [1.54, 1.807) is 0 Å². The van der Waals surface area contributed by atoms with E-state index in [2.05, 4.69) is 397 Å². The summed E-state index contributed by atoms with van der Waals surface area (Å²) >= 11 is 10.6. The molecule has 0 saturated carbocycles. The number of hydrogen-bond acceptors (Lipinski definition) is 10. The van der Waals surface area contributed by atoms with Gasteiger partial charge < -0.3 is 27.9 Å². The van der Waals surface area contributed by atoms with Crippen molar-refractivity contribution < 1.29 is 27.9 Å². The molecule has 20 heteroatoms. The van der Waals surface area contributed by atoms with Gasteiger partial charge in [0.15, 0.2) is 0 Å². The summed E-state index contributed by atoms with van der Waals surface area (Å²) in [5, 5.41) is 29.7. The van der Waals surface area contributed by atoms with E-state index in [1.807, 2.05) is 55.4 Å². The largest absolute Gasteiger partial charge is 0.494 e. The Bertz CT molecular complexity index is 7370. The number of aryl methyl sites for hydroxylation is 4. The second kappa shape index (κ2) is 34.0. The molecule has 0 aliphatic carbocycles. The molecular weight excluding hydrogens is 1820 g/mol. The first-order chi connectivity index (χ1) is 59.9. The summed E-state index contributed by atoms with van der Waals surface area (Å²) < 4.78 is 39.4. The van der Waals surface area contributed by atoms with Crippen molar-refractivity contribution in [1.29, 1.82) is 0 Å². The fraction of sp³-hybridized carbons (Fsp3) is 0.208. The quantitative estimate of drug-likeness (QED) is 0.0732. The van der Waals surface area contributed by atoms with Crippen LogP contribution >= 0.6 is 81.6 Å². The highest BCUT2D eigenvalue weighted by molar-refractivity contribution is 9.11. The molecule has 628 valence electrons. The normalized spacial score (nSPS) is 16.1. The summed E-state index contributed by atoms with van der Waals surface area (Å²) in [6.45, 7) is 33.0. The summed E-state index contributed by atoms with van der Waals surface area (Å²) in [5.41, 5.74) is 12.0. The molecule has 16 aromatic carbocycles. The van der Waals surface area contributed by atoms with E-state index in [1.165, 1.54) is 152 Å². The number of pyridine rings is 4. The topological polar surface area (TPSA) is 107 Å². The Morgan fingerprint density at radius 3 is 0.810 bits per heavy atom. The van der Waals surface area contributed by atoms with Crippen LogP contribution in [0, 0.1) is 27.7 Å². The first kappa shape index (κ1) is 88.1. The van der Waals surface area contributed by atoms with Crippen molar-refractivity contribution in [2.75, 3.05) is 0 Å². The van der Waals surface area contributed by atoms with Gasteiger partial charge in [0.2, 0.25) is 0 Å². The standard InChI is InChI=1S/C44H28N2.C20H21BO2.C16H10Br2N2.C14H9Br.C12H24B2O4.H6P4/c1-25-39-21-37(33-13-11-31-15-27-7-3-5-9-29(27)17-35(31)19-33)24-42-43(39)44-40(26(2)46-42)22-38(23-41(44)45-25)34-14-12-32-16-28-8-4-6-10-30(28)18-36(32)20-34;1-19(2)20(3,4)23-21(22-19)18-10-9-16-11-14-7-5-6-8-15(14)12-17(16)13-18;1-7-11-3-9(17)6-14-15(11)16-12(8(2)20-14)4-10(18)5-13(16)19-7;15-14-6-5-12-7-10-3-1-2-4-11(10)8-13(12)9-14;1-9(2)10(3,4)16-13(15-9)14-17-11(5,6)12(7,8)18-14;1-4(2)3/h3-24H,1-2H3;5-13H,1-4H3;3-6H,1-2H3;1-9H;1-8H3;1-3H2. The Balaban J connectivity index is 0.000000114. The van der Waals surface area contributed by atoms with Crippen LogP contribution in [0.2, 0.25) is 0 Å². The minimum absolute atomic E-state index is 0.130. The number of hydrogen-bond donors (Lipinski definition) is 0. The van der Waals surface area contributed by atoms with Gasteiger partial charge in [0.1, 0.15) is 0 Å². The van der Waals surface area contributed by atoms with Crippen LogP contribution in [0.4, 0.5) is 0 Å². The molecule has 0 spiro atoms. The SMILES string of the molecule is Brc1ccc2cc3ccccc3cc2c1.CC1(C)OB(B2OC(C)(C)C(C)(C)O2)OC1(C)C.CC1(C)OB(c2ccc3cc4ccccc4cc3c2)OC1(C)C.Cc1nc2cc(-c3ccc4cc5ccccc5cc4c3)cc3c(C)nc4cc(-c5ccc6cc7ccccc7cc6c5)cc1c4c23.Cc1nc2cc(Br)cc3c(C)nc4cc(Br)cc1c4c23.PP(P)P. The predicted molar refractivity (Wildman–Crippen MR) is 561 cm³/mol. The predicted octanol–water partition coefficient (Wildman–Crippen LogP) is 30.6. The van der Waals surface area contributed by atoms with Gasteiger partial charge in [0, 0.05) is 79.3 Å². The molecule has 23 rings (SSSR count). The lowest BCUT2D eigenvalue weighted by Crippen LogP contribution is -2.41. The summed E-state index contributed by atoms with van der Waals surface area (Å²) in [6.07, 6.45) is 0. The van der Waals surface area contributed by atoms with Crippen LogP contribution in [0.3, 0.4) is 0 Å². The molecule has 126 heavy (non-hydrogen) atoms. The average molecular weight is 1920 g/mol. The molecule has 0 amide bonds. The lowest BCUT2D eigenvalue weighted by Gasteiger charge is -2.32. The zero-order valence-electron chi connectivity index (χ0n) is 73.7. The molecule has 7 heterocycles. The molecule has 0 radical (unpaired) electrons. The van der Waals surface area contributed by atoms with Crippen molar-refractivity contribution in [3.05, 3.63) is 303 Å². The Hall–Kier alpha value is -8.61. The minimum atomic E-state index is -0.476. The summed E-state index contributed by atoms with van der Waals surface area (Å²) in [5.74, 6) is 0. The van der Waals surface area contributed by atoms with E-state index in [9.17, 15) is 0 Å². The van der Waals surface area contributed by atoms with Crippen LogP contribution in [-0.4, -0.2) is 74.7 Å². The number of nitrogens with zero attached hydrogens (tertiary/aromatic N) is 4. The molecule has 0 bridgehead atoms. The van der Waals surface area contributed by atoms with Crippen molar-refractivity contribution >= 4 is 259 Å². The Morgan fingerprint density at radius 2 is 0.492 bits per heavy atom. The van der Waals surface area contributed by atoms with Gasteiger partial charge >= 0.3 is 21.1 Å². The summed E-state index contributed by atoms with van der Waals surface area (Å²) in [4.78, 5) is 20.0. The van der Waals surface area contributed by atoms with Gasteiger partial charge in [-0.05, 0) is 353 Å². The molecule has 3 saturated heterocycles. The third-order valence-corrected chi connectivity index (χ3v) is 27.8.